The van der Waals surface area contributed by atoms with E-state index in [-0.39, 0.29) is 35.2 Å². The molecule has 0 spiro atoms. The fourth-order valence-corrected chi connectivity index (χ4v) is 6.31. The van der Waals surface area contributed by atoms with Gasteiger partial charge in [0.05, 0.1) is 11.0 Å². The van der Waals surface area contributed by atoms with E-state index in [0.717, 1.165) is 36.9 Å². The number of amides is 1. The van der Waals surface area contributed by atoms with Gasteiger partial charge in [-0.25, -0.2) is 8.42 Å². The number of H-pyrrole nitrogens is 1. The maximum absolute atomic E-state index is 12.7. The van der Waals surface area contributed by atoms with Crippen LogP contribution in [0.25, 0.3) is 0 Å². The number of fused-ring (bicyclic) bond motifs is 2. The Bertz CT molecular complexity index is 827. The van der Waals surface area contributed by atoms with Crippen LogP contribution in [-0.2, 0) is 22.7 Å². The third kappa shape index (κ3) is 2.41. The Kier molecular flexibility index (Phi) is 3.37. The first-order valence-electron chi connectivity index (χ1n) is 8.21. The fraction of sp³-hybridized carbons (Fsp3) is 0.625. The van der Waals surface area contributed by atoms with Gasteiger partial charge in [-0.05, 0) is 49.7 Å². The molecule has 0 saturated carbocycles. The highest BCUT2D eigenvalue weighted by molar-refractivity contribution is 7.92. The molecule has 3 heterocycles. The first-order valence-corrected chi connectivity index (χ1v) is 9.93. The molecule has 1 aromatic rings. The van der Waals surface area contributed by atoms with E-state index in [0.29, 0.717) is 13.0 Å². The van der Waals surface area contributed by atoms with Crippen molar-refractivity contribution in [3.63, 3.8) is 0 Å². The van der Waals surface area contributed by atoms with Crippen LogP contribution in [0.1, 0.15) is 40.9 Å². The van der Waals surface area contributed by atoms with Crippen molar-refractivity contribution >= 4 is 15.7 Å². The Labute approximate surface area is 134 Å². The predicted molar refractivity (Wildman–Crippen MR) is 85.3 cm³/mol. The monoisotopic (exact) mass is 336 g/mol. The first kappa shape index (κ1) is 14.9. The second-order valence-corrected chi connectivity index (χ2v) is 9.23. The van der Waals surface area contributed by atoms with Crippen molar-refractivity contribution < 1.29 is 13.2 Å². The molecule has 0 aromatic carbocycles. The number of carbonyl (C=O) groups is 1. The van der Waals surface area contributed by atoms with Gasteiger partial charge in [0, 0.05) is 18.8 Å². The Morgan fingerprint density at radius 1 is 1.22 bits per heavy atom. The molecule has 2 fully saturated rings. The van der Waals surface area contributed by atoms with E-state index < -0.39 is 15.1 Å². The highest BCUT2D eigenvalue weighted by atomic mass is 32.2. The standard InChI is InChI=1S/C16H20N2O4S/c19-15-12(7-10-3-1-2-4-13(10)17-15)16(20)18-8-11-5-6-23(21,22)14(11)9-18/h7,11,14H,1-6,8-9H2,(H,17,19)/t11-,14+/m0/s1. The number of rotatable bonds is 1. The number of hydrogen-bond donors (Lipinski definition) is 1. The van der Waals surface area contributed by atoms with Crippen LogP contribution in [0.4, 0.5) is 0 Å². The number of nitrogens with one attached hydrogen (secondary N) is 1. The van der Waals surface area contributed by atoms with E-state index in [9.17, 15) is 18.0 Å². The summed E-state index contributed by atoms with van der Waals surface area (Å²) in [5.41, 5.74) is 1.79. The molecule has 7 heteroatoms. The van der Waals surface area contributed by atoms with Crippen LogP contribution in [0.2, 0.25) is 0 Å². The summed E-state index contributed by atoms with van der Waals surface area (Å²) < 4.78 is 24.0. The number of sulfone groups is 1. The summed E-state index contributed by atoms with van der Waals surface area (Å²) in [6, 6.07) is 1.72. The summed E-state index contributed by atoms with van der Waals surface area (Å²) >= 11 is 0. The average Bonchev–Trinajstić information content (AvgIpc) is 3.07. The van der Waals surface area contributed by atoms with Crippen molar-refractivity contribution in [2.24, 2.45) is 5.92 Å². The van der Waals surface area contributed by atoms with Crippen molar-refractivity contribution in [2.75, 3.05) is 18.8 Å². The second-order valence-electron chi connectivity index (χ2n) is 6.89. The van der Waals surface area contributed by atoms with Crippen LogP contribution < -0.4 is 5.56 Å². The topological polar surface area (TPSA) is 87.3 Å². The smallest absolute Gasteiger partial charge is 0.261 e. The molecule has 0 radical (unpaired) electrons. The van der Waals surface area contributed by atoms with Gasteiger partial charge in [-0.3, -0.25) is 9.59 Å². The van der Waals surface area contributed by atoms with E-state index in [1.807, 2.05) is 0 Å². The van der Waals surface area contributed by atoms with Crippen molar-refractivity contribution in [1.82, 2.24) is 9.88 Å². The number of aryl methyl sites for hydroxylation is 2. The summed E-state index contributed by atoms with van der Waals surface area (Å²) in [6.45, 7) is 0.668. The quantitative estimate of drug-likeness (QED) is 0.809. The lowest BCUT2D eigenvalue weighted by Crippen LogP contribution is -2.36. The van der Waals surface area contributed by atoms with Crippen molar-refractivity contribution in [3.05, 3.63) is 33.2 Å². The third-order valence-electron chi connectivity index (χ3n) is 5.47. The van der Waals surface area contributed by atoms with Gasteiger partial charge in [-0.1, -0.05) is 0 Å². The lowest BCUT2D eigenvalue weighted by Gasteiger charge is -2.19. The van der Waals surface area contributed by atoms with Crippen LogP contribution in [0, 0.1) is 5.92 Å². The molecule has 1 N–H and O–H groups in total. The van der Waals surface area contributed by atoms with Gasteiger partial charge < -0.3 is 9.88 Å². The van der Waals surface area contributed by atoms with Gasteiger partial charge in [0.1, 0.15) is 5.56 Å². The van der Waals surface area contributed by atoms with Crippen LogP contribution in [-0.4, -0.2) is 48.3 Å². The highest BCUT2D eigenvalue weighted by Gasteiger charge is 2.47. The second kappa shape index (κ2) is 5.19. The third-order valence-corrected chi connectivity index (χ3v) is 7.73. The molecule has 1 aliphatic carbocycles. The molecular weight excluding hydrogens is 316 g/mol. The Morgan fingerprint density at radius 3 is 2.78 bits per heavy atom. The van der Waals surface area contributed by atoms with Crippen LogP contribution in [0.3, 0.4) is 0 Å². The SMILES string of the molecule is O=C(c1cc2c([nH]c1=O)CCCC2)N1C[C@@H]2CCS(=O)(=O)[C@@H]2C1. The number of pyridine rings is 1. The zero-order chi connectivity index (χ0) is 16.2. The largest absolute Gasteiger partial charge is 0.337 e. The maximum atomic E-state index is 12.7. The number of hydrogen-bond acceptors (Lipinski definition) is 4. The average molecular weight is 336 g/mol. The molecule has 1 aromatic heterocycles. The van der Waals surface area contributed by atoms with Gasteiger partial charge in [0.2, 0.25) is 0 Å². The summed E-state index contributed by atoms with van der Waals surface area (Å²) in [6.07, 6.45) is 4.48. The number of aromatic nitrogens is 1. The molecule has 2 aliphatic heterocycles. The van der Waals surface area contributed by atoms with Gasteiger partial charge in [0.25, 0.3) is 11.5 Å². The normalized spacial score (nSPS) is 28.4. The zero-order valence-corrected chi connectivity index (χ0v) is 13.7. The number of aromatic amines is 1. The first-order chi connectivity index (χ1) is 11.0. The number of likely N-dealkylation sites (tertiary alicyclic amines) is 1. The Balaban J connectivity index is 1.62. The van der Waals surface area contributed by atoms with Crippen molar-refractivity contribution in [1.29, 1.82) is 0 Å². The molecule has 6 nitrogen and oxygen atoms in total. The predicted octanol–water partition coefficient (Wildman–Crippen LogP) is 0.513. The number of carbonyl (C=O) groups excluding carboxylic acids is 1. The molecule has 4 rings (SSSR count). The van der Waals surface area contributed by atoms with Crippen molar-refractivity contribution in [3.8, 4) is 0 Å². The molecule has 2 atom stereocenters. The van der Waals surface area contributed by atoms with Crippen LogP contribution >= 0.6 is 0 Å². The summed E-state index contributed by atoms with van der Waals surface area (Å²) in [5, 5.41) is -0.442. The summed E-state index contributed by atoms with van der Waals surface area (Å²) in [7, 11) is -3.08. The van der Waals surface area contributed by atoms with E-state index >= 15 is 0 Å². The molecule has 23 heavy (non-hydrogen) atoms. The Morgan fingerprint density at radius 2 is 2.00 bits per heavy atom. The van der Waals surface area contributed by atoms with E-state index in [1.165, 1.54) is 0 Å². The van der Waals surface area contributed by atoms with Crippen LogP contribution in [0.5, 0.6) is 0 Å². The minimum absolute atomic E-state index is 0.0284. The molecule has 1 amide bonds. The van der Waals surface area contributed by atoms with E-state index in [2.05, 4.69) is 4.98 Å². The summed E-state index contributed by atoms with van der Waals surface area (Å²) in [5.74, 6) is -0.0751. The molecule has 3 aliphatic rings. The molecule has 124 valence electrons. The summed E-state index contributed by atoms with van der Waals surface area (Å²) in [4.78, 5) is 29.3. The fourth-order valence-electron chi connectivity index (χ4n) is 4.16. The highest BCUT2D eigenvalue weighted by Crippen LogP contribution is 2.34. The Hall–Kier alpha value is -1.63. The minimum Gasteiger partial charge on any atom is -0.337 e. The van der Waals surface area contributed by atoms with Crippen molar-refractivity contribution in [2.45, 2.75) is 37.4 Å². The maximum Gasteiger partial charge on any atom is 0.261 e. The zero-order valence-electron chi connectivity index (χ0n) is 12.9. The number of nitrogens with zero attached hydrogens (tertiary/aromatic N) is 1. The molecule has 0 bridgehead atoms. The van der Waals surface area contributed by atoms with Gasteiger partial charge in [0.15, 0.2) is 9.84 Å². The van der Waals surface area contributed by atoms with E-state index in [1.54, 1.807) is 11.0 Å². The minimum atomic E-state index is -3.08. The molecular formula is C16H20N2O4S. The van der Waals surface area contributed by atoms with Crippen LogP contribution in [0.15, 0.2) is 10.9 Å². The lowest BCUT2D eigenvalue weighted by atomic mass is 9.95. The van der Waals surface area contributed by atoms with E-state index in [4.69, 9.17) is 0 Å². The molecule has 2 saturated heterocycles. The van der Waals surface area contributed by atoms with Gasteiger partial charge in [-0.15, -0.1) is 0 Å². The lowest BCUT2D eigenvalue weighted by molar-refractivity contribution is 0.0784. The van der Waals surface area contributed by atoms with Gasteiger partial charge in [-0.2, -0.15) is 0 Å². The van der Waals surface area contributed by atoms with Gasteiger partial charge >= 0.3 is 0 Å². The molecule has 0 unspecified atom stereocenters.